The fourth-order valence-electron chi connectivity index (χ4n) is 1.54. The number of esters is 1. The van der Waals surface area contributed by atoms with Gasteiger partial charge in [0.25, 0.3) is 5.79 Å². The van der Waals surface area contributed by atoms with E-state index in [0.29, 0.717) is 0 Å². The quantitative estimate of drug-likeness (QED) is 0.222. The smallest absolute Gasteiger partial charge is 0.375 e. The van der Waals surface area contributed by atoms with E-state index in [9.17, 15) is 25.2 Å². The number of benzene rings is 1. The van der Waals surface area contributed by atoms with Crippen LogP contribution in [0.5, 0.6) is 5.75 Å². The summed E-state index contributed by atoms with van der Waals surface area (Å²) in [6.07, 6.45) is -6.03. The number of hydrogen-bond acceptors (Lipinski definition) is 8. The average Bonchev–Trinajstić information content (AvgIpc) is 2.52. The van der Waals surface area contributed by atoms with Crippen LogP contribution in [0, 0.1) is 0 Å². The van der Waals surface area contributed by atoms with Crippen molar-refractivity contribution in [3.63, 3.8) is 0 Å². The molecule has 0 spiro atoms. The van der Waals surface area contributed by atoms with E-state index in [1.807, 2.05) is 0 Å². The molecule has 0 aliphatic rings. The number of methoxy groups -OCH3 is 1. The van der Waals surface area contributed by atoms with Crippen molar-refractivity contribution >= 4 is 5.97 Å². The zero-order valence-corrected chi connectivity index (χ0v) is 11.3. The van der Waals surface area contributed by atoms with Gasteiger partial charge in [-0.25, -0.2) is 4.79 Å². The third kappa shape index (κ3) is 3.97. The Balaban J connectivity index is 2.89. The molecule has 4 atom stereocenters. The van der Waals surface area contributed by atoms with Gasteiger partial charge in [-0.2, -0.15) is 0 Å². The molecule has 0 saturated heterocycles. The van der Waals surface area contributed by atoms with E-state index in [1.165, 1.54) is 12.1 Å². The van der Waals surface area contributed by atoms with E-state index in [1.54, 1.807) is 18.2 Å². The lowest BCUT2D eigenvalue weighted by Crippen LogP contribution is -2.60. The van der Waals surface area contributed by atoms with Crippen molar-refractivity contribution < 1.29 is 39.8 Å². The SMILES string of the molecule is CO[C@](O)(C(=O)Oc1ccccc1)[C@@H](O)[C@H](O)[C@H](O)CO. The van der Waals surface area contributed by atoms with E-state index in [0.717, 1.165) is 7.11 Å². The summed E-state index contributed by atoms with van der Waals surface area (Å²) in [7, 11) is 0.910. The maximum atomic E-state index is 11.9. The Labute approximate surface area is 120 Å². The molecule has 8 nitrogen and oxygen atoms in total. The summed E-state index contributed by atoms with van der Waals surface area (Å²) in [4.78, 5) is 11.9. The van der Waals surface area contributed by atoms with Gasteiger partial charge in [0.2, 0.25) is 0 Å². The summed E-state index contributed by atoms with van der Waals surface area (Å²) >= 11 is 0. The van der Waals surface area contributed by atoms with Crippen LogP contribution in [0.3, 0.4) is 0 Å². The molecule has 1 aromatic carbocycles. The number of ether oxygens (including phenoxy) is 2. The normalized spacial score (nSPS) is 18.4. The molecule has 0 saturated carbocycles. The molecule has 0 aliphatic heterocycles. The van der Waals surface area contributed by atoms with Crippen LogP contribution in [-0.4, -0.2) is 69.3 Å². The second-order valence-corrected chi connectivity index (χ2v) is 4.29. The number of hydrogen-bond donors (Lipinski definition) is 5. The molecule has 0 aliphatic carbocycles. The Kier molecular flexibility index (Phi) is 6.21. The maximum absolute atomic E-state index is 11.9. The van der Waals surface area contributed by atoms with Gasteiger partial charge in [-0.3, -0.25) is 0 Å². The van der Waals surface area contributed by atoms with E-state index in [-0.39, 0.29) is 5.75 Å². The first kappa shape index (κ1) is 17.5. The third-order valence-corrected chi connectivity index (χ3v) is 2.86. The van der Waals surface area contributed by atoms with E-state index in [4.69, 9.17) is 9.84 Å². The lowest BCUT2D eigenvalue weighted by Gasteiger charge is -2.32. The molecule has 0 unspecified atom stereocenters. The highest BCUT2D eigenvalue weighted by atomic mass is 16.7. The zero-order valence-electron chi connectivity index (χ0n) is 11.3. The lowest BCUT2D eigenvalue weighted by molar-refractivity contribution is -0.267. The number of carbonyl (C=O) groups excluding carboxylic acids is 1. The third-order valence-electron chi connectivity index (χ3n) is 2.86. The Morgan fingerprint density at radius 3 is 2.29 bits per heavy atom. The average molecular weight is 302 g/mol. The fourth-order valence-corrected chi connectivity index (χ4v) is 1.54. The van der Waals surface area contributed by atoms with Gasteiger partial charge in [0.1, 0.15) is 24.1 Å². The summed E-state index contributed by atoms with van der Waals surface area (Å²) in [6.45, 7) is -0.883. The van der Waals surface area contributed by atoms with Crippen molar-refractivity contribution in [3.05, 3.63) is 30.3 Å². The molecule has 0 radical (unpaired) electrons. The monoisotopic (exact) mass is 302 g/mol. The van der Waals surface area contributed by atoms with Gasteiger partial charge in [-0.1, -0.05) is 18.2 Å². The molecule has 0 bridgehead atoms. The molecule has 0 aromatic heterocycles. The van der Waals surface area contributed by atoms with Gasteiger partial charge in [0, 0.05) is 7.11 Å². The molecule has 0 heterocycles. The Hall–Kier alpha value is -1.55. The first-order valence-corrected chi connectivity index (χ1v) is 6.06. The molecule has 0 fully saturated rings. The molecule has 21 heavy (non-hydrogen) atoms. The van der Waals surface area contributed by atoms with Gasteiger partial charge in [-0.15, -0.1) is 0 Å². The minimum atomic E-state index is -2.91. The Bertz CT molecular complexity index is 451. The van der Waals surface area contributed by atoms with Crippen LogP contribution >= 0.6 is 0 Å². The minimum Gasteiger partial charge on any atom is -0.422 e. The largest absolute Gasteiger partial charge is 0.422 e. The van der Waals surface area contributed by atoms with E-state index < -0.39 is 36.7 Å². The van der Waals surface area contributed by atoms with Crippen molar-refractivity contribution in [3.8, 4) is 5.75 Å². The molecular weight excluding hydrogens is 284 g/mol. The molecule has 1 aromatic rings. The Morgan fingerprint density at radius 2 is 1.81 bits per heavy atom. The van der Waals surface area contributed by atoms with E-state index >= 15 is 0 Å². The molecular formula is C13H18O8. The predicted octanol–water partition coefficient (Wildman–Crippen LogP) is -2.00. The zero-order chi connectivity index (χ0) is 16.0. The topological polar surface area (TPSA) is 137 Å². The lowest BCUT2D eigenvalue weighted by atomic mass is 10.00. The second-order valence-electron chi connectivity index (χ2n) is 4.29. The van der Waals surface area contributed by atoms with Crippen LogP contribution in [0.25, 0.3) is 0 Å². The van der Waals surface area contributed by atoms with E-state index in [2.05, 4.69) is 4.74 Å². The summed E-state index contributed by atoms with van der Waals surface area (Å²) in [5.74, 6) is -4.21. The van der Waals surface area contributed by atoms with Crippen molar-refractivity contribution in [1.29, 1.82) is 0 Å². The molecule has 8 heteroatoms. The minimum absolute atomic E-state index is 0.0855. The summed E-state index contributed by atoms with van der Waals surface area (Å²) < 4.78 is 9.35. The number of aliphatic hydroxyl groups excluding tert-OH is 4. The van der Waals surface area contributed by atoms with Gasteiger partial charge < -0.3 is 35.0 Å². The second kappa shape index (κ2) is 7.46. The van der Waals surface area contributed by atoms with Crippen LogP contribution < -0.4 is 4.74 Å². The van der Waals surface area contributed by atoms with Crippen molar-refractivity contribution in [2.75, 3.05) is 13.7 Å². The summed E-state index contributed by atoms with van der Waals surface area (Å²) in [6, 6.07) is 7.69. The van der Waals surface area contributed by atoms with Gasteiger partial charge in [-0.05, 0) is 12.1 Å². The van der Waals surface area contributed by atoms with Gasteiger partial charge in [0.05, 0.1) is 6.61 Å². The maximum Gasteiger partial charge on any atom is 0.375 e. The van der Waals surface area contributed by atoms with Crippen LogP contribution in [-0.2, 0) is 9.53 Å². The highest BCUT2D eigenvalue weighted by Crippen LogP contribution is 2.21. The van der Waals surface area contributed by atoms with Crippen LogP contribution in [0.15, 0.2) is 30.3 Å². The van der Waals surface area contributed by atoms with Crippen molar-refractivity contribution in [2.45, 2.75) is 24.1 Å². The number of aliphatic hydroxyl groups is 5. The predicted molar refractivity (Wildman–Crippen MR) is 69.1 cm³/mol. The van der Waals surface area contributed by atoms with Gasteiger partial charge in [0.15, 0.2) is 0 Å². The first-order valence-electron chi connectivity index (χ1n) is 6.06. The van der Waals surface area contributed by atoms with Crippen LogP contribution in [0.1, 0.15) is 0 Å². The number of para-hydroxylation sites is 1. The van der Waals surface area contributed by atoms with Crippen LogP contribution in [0.4, 0.5) is 0 Å². The standard InChI is InChI=1S/C13H18O8/c1-20-13(19,11(17)10(16)9(15)7-14)12(18)21-8-5-3-2-4-6-8/h2-6,9-11,14-17,19H,7H2,1H3/t9-,10-,11+,13+/m1/s1. The van der Waals surface area contributed by atoms with Crippen LogP contribution in [0.2, 0.25) is 0 Å². The van der Waals surface area contributed by atoms with Crippen molar-refractivity contribution in [1.82, 2.24) is 0 Å². The highest BCUT2D eigenvalue weighted by Gasteiger charge is 2.50. The first-order chi connectivity index (χ1) is 9.86. The molecule has 1 rings (SSSR count). The fraction of sp³-hybridized carbons (Fsp3) is 0.462. The van der Waals surface area contributed by atoms with Gasteiger partial charge >= 0.3 is 5.97 Å². The Morgan fingerprint density at radius 1 is 1.24 bits per heavy atom. The highest BCUT2D eigenvalue weighted by molar-refractivity contribution is 5.80. The van der Waals surface area contributed by atoms with Crippen molar-refractivity contribution in [2.24, 2.45) is 0 Å². The molecule has 5 N–H and O–H groups in total. The molecule has 0 amide bonds. The summed E-state index contributed by atoms with van der Waals surface area (Å²) in [5.41, 5.74) is 0. The number of carbonyl (C=O) groups is 1. The number of rotatable bonds is 7. The summed E-state index contributed by atoms with van der Waals surface area (Å²) in [5, 5.41) is 47.3. The molecule has 118 valence electrons.